The van der Waals surface area contributed by atoms with Crippen LogP contribution in [0, 0.1) is 0 Å². The summed E-state index contributed by atoms with van der Waals surface area (Å²) < 4.78 is 0. The fourth-order valence-electron chi connectivity index (χ4n) is 1.85. The molecule has 0 radical (unpaired) electrons. The van der Waals surface area contributed by atoms with Crippen LogP contribution in [0.3, 0.4) is 0 Å². The Morgan fingerprint density at radius 3 is 3.12 bits per heavy atom. The number of carbonyl (C=O) groups excluding carboxylic acids is 2. The Bertz CT molecular complexity index is 389. The van der Waals surface area contributed by atoms with Gasteiger partial charge in [-0.2, -0.15) is 0 Å². The van der Waals surface area contributed by atoms with Crippen LogP contribution >= 0.6 is 11.3 Å². The molecule has 0 spiro atoms. The summed E-state index contributed by atoms with van der Waals surface area (Å²) >= 11 is 1.67. The molecule has 1 aromatic heterocycles. The third-order valence-corrected chi connectivity index (χ3v) is 3.75. The van der Waals surface area contributed by atoms with Gasteiger partial charge in [0.1, 0.15) is 0 Å². The topological polar surface area (TPSA) is 58.2 Å². The molecule has 92 valence electrons. The van der Waals surface area contributed by atoms with Gasteiger partial charge in [0.05, 0.1) is 0 Å². The third kappa shape index (κ3) is 3.85. The van der Waals surface area contributed by atoms with Gasteiger partial charge in [-0.15, -0.1) is 11.3 Å². The maximum absolute atomic E-state index is 11.6. The van der Waals surface area contributed by atoms with Gasteiger partial charge in [-0.3, -0.25) is 9.59 Å². The maximum atomic E-state index is 11.6. The Kier molecular flexibility index (Phi) is 4.14. The summed E-state index contributed by atoms with van der Waals surface area (Å²) in [5.41, 5.74) is 0. The summed E-state index contributed by atoms with van der Waals surface area (Å²) in [5.74, 6) is 0.141. The highest BCUT2D eigenvalue weighted by molar-refractivity contribution is 7.09. The van der Waals surface area contributed by atoms with Gasteiger partial charge in [0.25, 0.3) is 0 Å². The lowest BCUT2D eigenvalue weighted by Gasteiger charge is -2.10. The summed E-state index contributed by atoms with van der Waals surface area (Å²) in [6.07, 6.45) is 2.71. The zero-order valence-electron chi connectivity index (χ0n) is 9.57. The second-order valence-electron chi connectivity index (χ2n) is 4.19. The average Bonchev–Trinajstić information content (AvgIpc) is 2.95. The van der Waals surface area contributed by atoms with Crippen molar-refractivity contribution in [1.29, 1.82) is 0 Å². The number of rotatable bonds is 5. The smallest absolute Gasteiger partial charge is 0.220 e. The van der Waals surface area contributed by atoms with Crippen molar-refractivity contribution in [2.75, 3.05) is 6.54 Å². The standard InChI is InChI=1S/C12H16N2O2S/c15-11(6-4-10-2-1-7-17-10)13-8-9-3-5-12(16)14-9/h1-2,7,9H,3-6,8H2,(H,13,15)(H,14,16). The van der Waals surface area contributed by atoms with Gasteiger partial charge in [-0.25, -0.2) is 0 Å². The second kappa shape index (κ2) is 5.82. The molecule has 2 N–H and O–H groups in total. The predicted octanol–water partition coefficient (Wildman–Crippen LogP) is 1.08. The fourth-order valence-corrected chi connectivity index (χ4v) is 2.56. The van der Waals surface area contributed by atoms with E-state index in [2.05, 4.69) is 10.6 Å². The van der Waals surface area contributed by atoms with Crippen molar-refractivity contribution in [1.82, 2.24) is 10.6 Å². The van der Waals surface area contributed by atoms with E-state index in [0.717, 1.165) is 12.8 Å². The first-order valence-electron chi connectivity index (χ1n) is 5.82. The van der Waals surface area contributed by atoms with Crippen LogP contribution in [-0.4, -0.2) is 24.4 Å². The number of thiophene rings is 1. The molecule has 0 bridgehead atoms. The minimum Gasteiger partial charge on any atom is -0.354 e. The Labute approximate surface area is 104 Å². The SMILES string of the molecule is O=C(CCc1cccs1)NCC1CCC(=O)N1. The first-order valence-corrected chi connectivity index (χ1v) is 6.70. The van der Waals surface area contributed by atoms with Crippen LogP contribution in [0.1, 0.15) is 24.1 Å². The summed E-state index contributed by atoms with van der Waals surface area (Å²) in [5, 5.41) is 7.70. The van der Waals surface area contributed by atoms with Crippen molar-refractivity contribution in [2.45, 2.75) is 31.7 Å². The monoisotopic (exact) mass is 252 g/mol. The number of aryl methyl sites for hydroxylation is 1. The molecule has 2 rings (SSSR count). The molecule has 2 heterocycles. The van der Waals surface area contributed by atoms with Crippen LogP contribution in [0.15, 0.2) is 17.5 Å². The Morgan fingerprint density at radius 2 is 2.47 bits per heavy atom. The van der Waals surface area contributed by atoms with Crippen LogP contribution in [0.25, 0.3) is 0 Å². The van der Waals surface area contributed by atoms with Crippen LogP contribution in [0.4, 0.5) is 0 Å². The molecule has 1 fully saturated rings. The molecule has 17 heavy (non-hydrogen) atoms. The van der Waals surface area contributed by atoms with E-state index in [1.54, 1.807) is 11.3 Å². The maximum Gasteiger partial charge on any atom is 0.220 e. The van der Waals surface area contributed by atoms with Gasteiger partial charge in [-0.05, 0) is 24.3 Å². The van der Waals surface area contributed by atoms with E-state index in [-0.39, 0.29) is 17.9 Å². The van der Waals surface area contributed by atoms with E-state index in [1.807, 2.05) is 17.5 Å². The molecule has 2 amide bonds. The first-order chi connectivity index (χ1) is 8.24. The molecule has 0 aliphatic carbocycles. The number of carbonyl (C=O) groups is 2. The molecular formula is C12H16N2O2S. The molecule has 1 aliphatic heterocycles. The average molecular weight is 252 g/mol. The number of amides is 2. The van der Waals surface area contributed by atoms with E-state index < -0.39 is 0 Å². The highest BCUT2D eigenvalue weighted by Gasteiger charge is 2.20. The van der Waals surface area contributed by atoms with Gasteiger partial charge >= 0.3 is 0 Å². The van der Waals surface area contributed by atoms with Crippen LogP contribution in [0.2, 0.25) is 0 Å². The van der Waals surface area contributed by atoms with Crippen molar-refractivity contribution in [3.05, 3.63) is 22.4 Å². The van der Waals surface area contributed by atoms with Gasteiger partial charge in [0.15, 0.2) is 0 Å². The fraction of sp³-hybridized carbons (Fsp3) is 0.500. The highest BCUT2D eigenvalue weighted by Crippen LogP contribution is 2.10. The summed E-state index contributed by atoms with van der Waals surface area (Å²) in [4.78, 5) is 23.7. The lowest BCUT2D eigenvalue weighted by Crippen LogP contribution is -2.38. The lowest BCUT2D eigenvalue weighted by molar-refractivity contribution is -0.122. The number of hydrogen-bond acceptors (Lipinski definition) is 3. The van der Waals surface area contributed by atoms with E-state index in [0.29, 0.717) is 19.4 Å². The van der Waals surface area contributed by atoms with Gasteiger partial charge < -0.3 is 10.6 Å². The minimum absolute atomic E-state index is 0.0551. The Morgan fingerprint density at radius 1 is 1.59 bits per heavy atom. The van der Waals surface area contributed by atoms with Crippen LogP contribution < -0.4 is 10.6 Å². The third-order valence-electron chi connectivity index (χ3n) is 2.81. The molecule has 5 heteroatoms. The molecule has 1 aromatic rings. The molecule has 0 saturated carbocycles. The van der Waals surface area contributed by atoms with Crippen molar-refractivity contribution < 1.29 is 9.59 Å². The van der Waals surface area contributed by atoms with E-state index in [1.165, 1.54) is 4.88 Å². The van der Waals surface area contributed by atoms with E-state index in [9.17, 15) is 9.59 Å². The number of nitrogens with one attached hydrogen (secondary N) is 2. The highest BCUT2D eigenvalue weighted by atomic mass is 32.1. The summed E-state index contributed by atoms with van der Waals surface area (Å²) in [6, 6.07) is 4.15. The van der Waals surface area contributed by atoms with Crippen molar-refractivity contribution in [2.24, 2.45) is 0 Å². The van der Waals surface area contributed by atoms with Crippen molar-refractivity contribution in [3.63, 3.8) is 0 Å². The quantitative estimate of drug-likeness (QED) is 0.823. The second-order valence-corrected chi connectivity index (χ2v) is 5.22. The van der Waals surface area contributed by atoms with Crippen molar-refractivity contribution in [3.8, 4) is 0 Å². The van der Waals surface area contributed by atoms with Crippen LogP contribution in [0.5, 0.6) is 0 Å². The van der Waals surface area contributed by atoms with Crippen molar-refractivity contribution >= 4 is 23.2 Å². The minimum atomic E-state index is 0.0551. The zero-order chi connectivity index (χ0) is 12.1. The predicted molar refractivity (Wildman–Crippen MR) is 66.8 cm³/mol. The molecule has 1 saturated heterocycles. The lowest BCUT2D eigenvalue weighted by atomic mass is 10.2. The van der Waals surface area contributed by atoms with Crippen LogP contribution in [-0.2, 0) is 16.0 Å². The van der Waals surface area contributed by atoms with Gasteiger partial charge in [0.2, 0.25) is 11.8 Å². The largest absolute Gasteiger partial charge is 0.354 e. The molecular weight excluding hydrogens is 236 g/mol. The van der Waals surface area contributed by atoms with Gasteiger partial charge in [-0.1, -0.05) is 6.07 Å². The molecule has 1 unspecified atom stereocenters. The van der Waals surface area contributed by atoms with E-state index >= 15 is 0 Å². The van der Waals surface area contributed by atoms with E-state index in [4.69, 9.17) is 0 Å². The molecule has 0 aromatic carbocycles. The zero-order valence-corrected chi connectivity index (χ0v) is 10.4. The molecule has 4 nitrogen and oxygen atoms in total. The normalized spacial score (nSPS) is 19.1. The first kappa shape index (κ1) is 12.1. The summed E-state index contributed by atoms with van der Waals surface area (Å²) in [6.45, 7) is 0.551. The van der Waals surface area contributed by atoms with Gasteiger partial charge in [0, 0.05) is 30.3 Å². The number of hydrogen-bond donors (Lipinski definition) is 2. The summed E-state index contributed by atoms with van der Waals surface area (Å²) in [7, 11) is 0. The molecule has 1 aliphatic rings. The molecule has 1 atom stereocenters. The Hall–Kier alpha value is -1.36. The Balaban J connectivity index is 1.62.